The summed E-state index contributed by atoms with van der Waals surface area (Å²) in [5.41, 5.74) is 5.56. The first-order valence-electron chi connectivity index (χ1n) is 9.51. The van der Waals surface area contributed by atoms with Crippen molar-refractivity contribution in [2.24, 2.45) is 22.7 Å². The predicted octanol–water partition coefficient (Wildman–Crippen LogP) is 5.76. The summed E-state index contributed by atoms with van der Waals surface area (Å²) in [5.74, 6) is 2.04. The topological polar surface area (TPSA) is 20.2 Å². The van der Waals surface area contributed by atoms with Gasteiger partial charge in [-0.05, 0) is 95.9 Å². The van der Waals surface area contributed by atoms with E-state index >= 15 is 0 Å². The normalized spacial score (nSPS) is 41.1. The summed E-state index contributed by atoms with van der Waals surface area (Å²) in [5, 5.41) is 10.1. The third-order valence-electron chi connectivity index (χ3n) is 8.19. The van der Waals surface area contributed by atoms with E-state index < -0.39 is 0 Å². The molecule has 1 heteroatoms. The first kappa shape index (κ1) is 15.5. The second kappa shape index (κ2) is 4.55. The molecule has 0 aliphatic heterocycles. The minimum atomic E-state index is 0.311. The van der Waals surface area contributed by atoms with Crippen molar-refractivity contribution in [1.29, 1.82) is 0 Å². The Morgan fingerprint density at radius 1 is 1.00 bits per heavy atom. The first-order valence-corrected chi connectivity index (χ1v) is 9.51. The van der Waals surface area contributed by atoms with Gasteiger partial charge in [0.15, 0.2) is 0 Å². The molecule has 1 unspecified atom stereocenters. The fourth-order valence-electron chi connectivity index (χ4n) is 7.45. The Bertz CT molecular complexity index is 658. The highest BCUT2D eigenvalue weighted by Gasteiger charge is 2.61. The summed E-state index contributed by atoms with van der Waals surface area (Å²) in [7, 11) is 0. The zero-order valence-corrected chi connectivity index (χ0v) is 15.5. The highest BCUT2D eigenvalue weighted by molar-refractivity contribution is 5.50. The van der Waals surface area contributed by atoms with E-state index in [9.17, 15) is 5.11 Å². The highest BCUT2D eigenvalue weighted by Crippen LogP contribution is 2.67. The number of rotatable bonds is 0. The van der Waals surface area contributed by atoms with Gasteiger partial charge in [0.25, 0.3) is 0 Å². The molecule has 0 bridgehead atoms. The van der Waals surface area contributed by atoms with E-state index in [2.05, 4.69) is 40.7 Å². The Labute approximate surface area is 141 Å². The Kier molecular flexibility index (Phi) is 3.08. The zero-order chi connectivity index (χ0) is 16.6. The molecule has 0 aromatic heterocycles. The molecule has 0 radical (unpaired) electrons. The Morgan fingerprint density at radius 2 is 1.74 bits per heavy atom. The number of phenols is 1. The van der Waals surface area contributed by atoms with Crippen molar-refractivity contribution in [3.05, 3.63) is 28.8 Å². The van der Waals surface area contributed by atoms with Crippen LogP contribution < -0.4 is 0 Å². The largest absolute Gasteiger partial charge is 0.508 e. The minimum absolute atomic E-state index is 0.311. The van der Waals surface area contributed by atoms with E-state index in [0.717, 1.165) is 11.8 Å². The van der Waals surface area contributed by atoms with Crippen molar-refractivity contribution < 1.29 is 5.11 Å². The minimum Gasteiger partial charge on any atom is -0.508 e. The van der Waals surface area contributed by atoms with Gasteiger partial charge in [-0.3, -0.25) is 0 Å². The summed E-state index contributed by atoms with van der Waals surface area (Å²) in [4.78, 5) is 0. The molecule has 0 spiro atoms. The molecule has 4 rings (SSSR count). The van der Waals surface area contributed by atoms with Crippen LogP contribution in [-0.4, -0.2) is 5.11 Å². The average Bonchev–Trinajstić information content (AvgIpc) is 2.71. The van der Waals surface area contributed by atoms with Gasteiger partial charge < -0.3 is 5.11 Å². The van der Waals surface area contributed by atoms with Gasteiger partial charge in [-0.15, -0.1) is 0 Å². The summed E-state index contributed by atoms with van der Waals surface area (Å²) in [6.07, 6.45) is 8.03. The van der Waals surface area contributed by atoms with Crippen molar-refractivity contribution in [3.8, 4) is 5.75 Å². The third kappa shape index (κ3) is 1.91. The quantitative estimate of drug-likeness (QED) is 0.646. The maximum Gasteiger partial charge on any atom is 0.116 e. The van der Waals surface area contributed by atoms with E-state index in [4.69, 9.17) is 0 Å². The molecule has 4 atom stereocenters. The number of aryl methyl sites for hydroxylation is 1. The molecule has 23 heavy (non-hydrogen) atoms. The van der Waals surface area contributed by atoms with Crippen LogP contribution >= 0.6 is 0 Å². The molecule has 126 valence electrons. The van der Waals surface area contributed by atoms with Crippen molar-refractivity contribution in [1.82, 2.24) is 0 Å². The fourth-order valence-corrected chi connectivity index (χ4v) is 7.45. The Hall–Kier alpha value is -0.980. The van der Waals surface area contributed by atoms with Crippen LogP contribution in [0, 0.1) is 29.6 Å². The number of hydrogen-bond donors (Lipinski definition) is 1. The van der Waals surface area contributed by atoms with Crippen LogP contribution in [0.4, 0.5) is 0 Å². The lowest BCUT2D eigenvalue weighted by atomic mass is 9.43. The van der Waals surface area contributed by atoms with Crippen LogP contribution in [0.3, 0.4) is 0 Å². The van der Waals surface area contributed by atoms with Gasteiger partial charge >= 0.3 is 0 Å². The van der Waals surface area contributed by atoms with Gasteiger partial charge in [0.05, 0.1) is 0 Å². The highest BCUT2D eigenvalue weighted by atomic mass is 16.3. The molecule has 3 aliphatic rings. The number of hydrogen-bond acceptors (Lipinski definition) is 1. The van der Waals surface area contributed by atoms with Crippen molar-refractivity contribution in [3.63, 3.8) is 0 Å². The molecule has 1 aromatic rings. The van der Waals surface area contributed by atoms with Crippen LogP contribution in [0.2, 0.25) is 0 Å². The molecular formula is C22H32O. The number of fused-ring (bicyclic) bond motifs is 5. The van der Waals surface area contributed by atoms with E-state index in [-0.39, 0.29) is 0 Å². The average molecular weight is 312 g/mol. The Balaban J connectivity index is 1.84. The third-order valence-corrected chi connectivity index (χ3v) is 8.19. The molecule has 2 saturated carbocycles. The summed E-state index contributed by atoms with van der Waals surface area (Å²) in [6, 6.07) is 4.03. The van der Waals surface area contributed by atoms with Crippen molar-refractivity contribution >= 4 is 0 Å². The lowest BCUT2D eigenvalue weighted by molar-refractivity contribution is -0.0983. The fraction of sp³-hybridized carbons (Fsp3) is 0.727. The molecule has 0 heterocycles. The number of aromatic hydroxyl groups is 1. The van der Waals surface area contributed by atoms with Crippen molar-refractivity contribution in [2.45, 2.75) is 78.6 Å². The summed E-state index contributed by atoms with van der Waals surface area (Å²) >= 11 is 0. The van der Waals surface area contributed by atoms with Crippen LogP contribution in [0.5, 0.6) is 5.75 Å². The molecular weight excluding hydrogens is 280 g/mol. The second-order valence-corrected chi connectivity index (χ2v) is 9.91. The molecule has 1 aromatic carbocycles. The standard InChI is InChI=1S/C22H32O/c1-14-11-16(23)12-15-13-18-21(4)9-6-8-20(2,3)17(21)7-10-22(18,5)19(14)15/h11-12,17-18,23H,6-10,13H2,1-5H3/t17-,18+,21-,22?/m0/s1. The molecule has 0 amide bonds. The number of phenolic OH excluding ortho intramolecular Hbond substituents is 1. The monoisotopic (exact) mass is 312 g/mol. The van der Waals surface area contributed by atoms with E-state index in [1.165, 1.54) is 49.7 Å². The number of benzene rings is 1. The van der Waals surface area contributed by atoms with Gasteiger partial charge in [0.1, 0.15) is 5.75 Å². The Morgan fingerprint density at radius 3 is 2.48 bits per heavy atom. The van der Waals surface area contributed by atoms with Crippen LogP contribution in [0.15, 0.2) is 12.1 Å². The smallest absolute Gasteiger partial charge is 0.116 e. The molecule has 0 saturated heterocycles. The maximum atomic E-state index is 10.1. The van der Waals surface area contributed by atoms with E-state index in [0.29, 0.717) is 22.0 Å². The van der Waals surface area contributed by atoms with Gasteiger partial charge in [0.2, 0.25) is 0 Å². The van der Waals surface area contributed by atoms with Crippen LogP contribution in [-0.2, 0) is 11.8 Å². The second-order valence-electron chi connectivity index (χ2n) is 9.91. The van der Waals surface area contributed by atoms with Gasteiger partial charge in [-0.25, -0.2) is 0 Å². The van der Waals surface area contributed by atoms with Crippen LogP contribution in [0.1, 0.15) is 76.5 Å². The molecule has 2 fully saturated rings. The van der Waals surface area contributed by atoms with E-state index in [1.807, 2.05) is 6.07 Å². The van der Waals surface area contributed by atoms with Crippen LogP contribution in [0.25, 0.3) is 0 Å². The van der Waals surface area contributed by atoms with Gasteiger partial charge in [-0.2, -0.15) is 0 Å². The first-order chi connectivity index (χ1) is 10.7. The molecule has 1 N–H and O–H groups in total. The van der Waals surface area contributed by atoms with Gasteiger partial charge in [0, 0.05) is 0 Å². The lowest BCUT2D eigenvalue weighted by Crippen LogP contribution is -2.55. The summed E-state index contributed by atoms with van der Waals surface area (Å²) < 4.78 is 0. The predicted molar refractivity (Wildman–Crippen MR) is 95.9 cm³/mol. The van der Waals surface area contributed by atoms with E-state index in [1.54, 1.807) is 5.56 Å². The zero-order valence-electron chi connectivity index (χ0n) is 15.5. The molecule has 3 aliphatic carbocycles. The SMILES string of the molecule is Cc1cc(O)cc2c1C1(C)CC[C@H]3C(C)(C)CCC[C@]3(C)[C@H]1C2. The lowest BCUT2D eigenvalue weighted by Gasteiger charge is -2.61. The maximum absolute atomic E-state index is 10.1. The molecule has 1 nitrogen and oxygen atoms in total. The van der Waals surface area contributed by atoms with Gasteiger partial charge in [-0.1, -0.05) is 34.1 Å². The van der Waals surface area contributed by atoms with Crippen molar-refractivity contribution in [2.75, 3.05) is 0 Å². The summed E-state index contributed by atoms with van der Waals surface area (Å²) in [6.45, 7) is 12.3.